The second-order valence-electron chi connectivity index (χ2n) is 6.29. The van der Waals surface area contributed by atoms with Crippen molar-refractivity contribution in [3.8, 4) is 11.5 Å². The van der Waals surface area contributed by atoms with Gasteiger partial charge in [0.25, 0.3) is 5.91 Å². The van der Waals surface area contributed by atoms with E-state index in [0.29, 0.717) is 5.75 Å². The number of nitrogens with zero attached hydrogens (tertiary/aromatic N) is 2. The van der Waals surface area contributed by atoms with Crippen molar-refractivity contribution in [3.63, 3.8) is 0 Å². The van der Waals surface area contributed by atoms with Crippen molar-refractivity contribution < 1.29 is 19.0 Å². The highest BCUT2D eigenvalue weighted by Gasteiger charge is 2.15. The average Bonchev–Trinajstić information content (AvgIpc) is 3.17. The van der Waals surface area contributed by atoms with Crippen LogP contribution in [-0.4, -0.2) is 50.9 Å². The summed E-state index contributed by atoms with van der Waals surface area (Å²) in [6.07, 6.45) is 0. The standard InChI is InChI=1S/C20H21N3O4S/c1-25-15-3-5-16(6-4-15)27-13-19(24)21-14-2-7-17-18(12-14)28-20(22-17)23-8-10-26-11-9-23/h2-7,12H,8-11,13H2,1H3,(H,21,24). The fourth-order valence-corrected chi connectivity index (χ4v) is 3.95. The zero-order valence-electron chi connectivity index (χ0n) is 15.5. The number of anilines is 2. The Bertz CT molecular complexity index is 952. The molecule has 0 unspecified atom stereocenters. The number of nitrogens with one attached hydrogen (secondary N) is 1. The summed E-state index contributed by atoms with van der Waals surface area (Å²) in [6.45, 7) is 3.10. The number of benzene rings is 2. The summed E-state index contributed by atoms with van der Waals surface area (Å²) < 4.78 is 17.0. The van der Waals surface area contributed by atoms with Gasteiger partial charge in [-0.2, -0.15) is 0 Å². The van der Waals surface area contributed by atoms with E-state index >= 15 is 0 Å². The first-order valence-corrected chi connectivity index (χ1v) is 9.83. The third-order valence-electron chi connectivity index (χ3n) is 4.37. The first-order valence-electron chi connectivity index (χ1n) is 9.01. The molecule has 2 aromatic carbocycles. The van der Waals surface area contributed by atoms with E-state index in [-0.39, 0.29) is 12.5 Å². The quantitative estimate of drug-likeness (QED) is 0.686. The first kappa shape index (κ1) is 18.5. The van der Waals surface area contributed by atoms with E-state index in [0.717, 1.165) is 53.1 Å². The lowest BCUT2D eigenvalue weighted by Crippen LogP contribution is -2.36. The largest absolute Gasteiger partial charge is 0.497 e. The van der Waals surface area contributed by atoms with Gasteiger partial charge in [-0.05, 0) is 42.5 Å². The highest BCUT2D eigenvalue weighted by molar-refractivity contribution is 7.22. The van der Waals surface area contributed by atoms with Crippen LogP contribution in [0.1, 0.15) is 0 Å². The van der Waals surface area contributed by atoms with Crippen LogP contribution in [0.25, 0.3) is 10.2 Å². The minimum absolute atomic E-state index is 0.0634. The van der Waals surface area contributed by atoms with Crippen molar-refractivity contribution in [2.45, 2.75) is 0 Å². The molecule has 1 aliphatic rings. The molecule has 0 saturated carbocycles. The van der Waals surface area contributed by atoms with E-state index in [1.807, 2.05) is 18.2 Å². The third kappa shape index (κ3) is 4.35. The molecule has 8 heteroatoms. The molecule has 1 aliphatic heterocycles. The molecule has 0 bridgehead atoms. The fourth-order valence-electron chi connectivity index (χ4n) is 2.90. The Morgan fingerprint density at radius 2 is 1.93 bits per heavy atom. The van der Waals surface area contributed by atoms with Crippen molar-refractivity contribution in [3.05, 3.63) is 42.5 Å². The number of amides is 1. The van der Waals surface area contributed by atoms with Gasteiger partial charge in [0.1, 0.15) is 11.5 Å². The van der Waals surface area contributed by atoms with E-state index in [1.54, 1.807) is 42.7 Å². The number of hydrogen-bond donors (Lipinski definition) is 1. The number of carbonyl (C=O) groups is 1. The molecule has 0 spiro atoms. The van der Waals surface area contributed by atoms with Gasteiger partial charge in [0.05, 0.1) is 30.5 Å². The number of rotatable bonds is 6. The van der Waals surface area contributed by atoms with Gasteiger partial charge in [-0.25, -0.2) is 4.98 Å². The maximum atomic E-state index is 12.2. The summed E-state index contributed by atoms with van der Waals surface area (Å²) in [7, 11) is 1.60. The molecule has 7 nitrogen and oxygen atoms in total. The Hall–Kier alpha value is -2.84. The predicted octanol–water partition coefficient (Wildman–Crippen LogP) is 3.16. The Kier molecular flexibility index (Phi) is 5.59. The Balaban J connectivity index is 1.37. The molecule has 2 heterocycles. The van der Waals surface area contributed by atoms with Gasteiger partial charge in [0.2, 0.25) is 0 Å². The maximum Gasteiger partial charge on any atom is 0.262 e. The van der Waals surface area contributed by atoms with E-state index < -0.39 is 0 Å². The summed E-state index contributed by atoms with van der Waals surface area (Å²) in [4.78, 5) is 19.1. The molecule has 0 aliphatic carbocycles. The number of morpholine rings is 1. The molecular weight excluding hydrogens is 378 g/mol. The zero-order valence-corrected chi connectivity index (χ0v) is 16.3. The smallest absolute Gasteiger partial charge is 0.262 e. The van der Waals surface area contributed by atoms with Crippen LogP contribution in [0.5, 0.6) is 11.5 Å². The second-order valence-corrected chi connectivity index (χ2v) is 7.30. The highest BCUT2D eigenvalue weighted by atomic mass is 32.1. The molecule has 3 aromatic rings. The molecule has 4 rings (SSSR count). The topological polar surface area (TPSA) is 72.9 Å². The molecular formula is C20H21N3O4S. The van der Waals surface area contributed by atoms with Crippen LogP contribution in [0.2, 0.25) is 0 Å². The maximum absolute atomic E-state index is 12.2. The van der Waals surface area contributed by atoms with Crippen LogP contribution in [0, 0.1) is 0 Å². The van der Waals surface area contributed by atoms with Crippen LogP contribution in [0.4, 0.5) is 10.8 Å². The number of ether oxygens (including phenoxy) is 3. The zero-order chi connectivity index (χ0) is 19.3. The predicted molar refractivity (Wildman–Crippen MR) is 110 cm³/mol. The third-order valence-corrected chi connectivity index (χ3v) is 5.45. The van der Waals surface area contributed by atoms with Crippen molar-refractivity contribution in [2.75, 3.05) is 50.2 Å². The minimum Gasteiger partial charge on any atom is -0.497 e. The summed E-state index contributed by atoms with van der Waals surface area (Å²) in [5, 5.41) is 3.86. The van der Waals surface area contributed by atoms with Crippen LogP contribution in [0.15, 0.2) is 42.5 Å². The van der Waals surface area contributed by atoms with Gasteiger partial charge < -0.3 is 24.4 Å². The van der Waals surface area contributed by atoms with Crippen molar-refractivity contribution in [2.24, 2.45) is 0 Å². The summed E-state index contributed by atoms with van der Waals surface area (Å²) >= 11 is 1.62. The molecule has 0 atom stereocenters. The molecule has 1 aromatic heterocycles. The fraction of sp³-hybridized carbons (Fsp3) is 0.300. The number of aromatic nitrogens is 1. The molecule has 1 amide bonds. The SMILES string of the molecule is COc1ccc(OCC(=O)Nc2ccc3nc(N4CCOCC4)sc3c2)cc1. The first-order chi connectivity index (χ1) is 13.7. The van der Waals surface area contributed by atoms with Gasteiger partial charge in [0.15, 0.2) is 11.7 Å². The number of fused-ring (bicyclic) bond motifs is 1. The Morgan fingerprint density at radius 1 is 1.18 bits per heavy atom. The van der Waals surface area contributed by atoms with Crippen LogP contribution in [-0.2, 0) is 9.53 Å². The molecule has 0 radical (unpaired) electrons. The summed E-state index contributed by atoms with van der Waals surface area (Å²) in [5.74, 6) is 1.14. The number of hydrogen-bond acceptors (Lipinski definition) is 7. The number of carbonyl (C=O) groups excluding carboxylic acids is 1. The minimum atomic E-state index is -0.215. The van der Waals surface area contributed by atoms with Crippen LogP contribution in [0.3, 0.4) is 0 Å². The molecule has 146 valence electrons. The van der Waals surface area contributed by atoms with E-state index in [2.05, 4.69) is 15.2 Å². The molecule has 28 heavy (non-hydrogen) atoms. The highest BCUT2D eigenvalue weighted by Crippen LogP contribution is 2.31. The molecule has 1 saturated heterocycles. The van der Waals surface area contributed by atoms with E-state index in [9.17, 15) is 4.79 Å². The van der Waals surface area contributed by atoms with Gasteiger partial charge in [-0.15, -0.1) is 0 Å². The van der Waals surface area contributed by atoms with Crippen LogP contribution >= 0.6 is 11.3 Å². The lowest BCUT2D eigenvalue weighted by atomic mass is 10.3. The number of thiazole rings is 1. The summed E-state index contributed by atoms with van der Waals surface area (Å²) in [6, 6.07) is 12.8. The van der Waals surface area contributed by atoms with Gasteiger partial charge in [0, 0.05) is 18.8 Å². The van der Waals surface area contributed by atoms with E-state index in [1.165, 1.54) is 0 Å². The average molecular weight is 399 g/mol. The van der Waals surface area contributed by atoms with Crippen LogP contribution < -0.4 is 19.7 Å². The monoisotopic (exact) mass is 399 g/mol. The lowest BCUT2D eigenvalue weighted by molar-refractivity contribution is -0.118. The normalized spacial score (nSPS) is 14.1. The Labute approximate surface area is 166 Å². The van der Waals surface area contributed by atoms with Gasteiger partial charge in [-0.3, -0.25) is 4.79 Å². The van der Waals surface area contributed by atoms with Crippen molar-refractivity contribution in [1.29, 1.82) is 0 Å². The van der Waals surface area contributed by atoms with E-state index in [4.69, 9.17) is 14.2 Å². The van der Waals surface area contributed by atoms with Gasteiger partial charge in [-0.1, -0.05) is 11.3 Å². The Morgan fingerprint density at radius 3 is 2.68 bits per heavy atom. The molecule has 1 fully saturated rings. The van der Waals surface area contributed by atoms with Crippen molar-refractivity contribution >= 4 is 38.3 Å². The second kappa shape index (κ2) is 8.45. The summed E-state index contributed by atoms with van der Waals surface area (Å²) in [5.41, 5.74) is 1.66. The van der Waals surface area contributed by atoms with Crippen molar-refractivity contribution in [1.82, 2.24) is 4.98 Å². The molecule has 1 N–H and O–H groups in total. The number of methoxy groups -OCH3 is 1. The van der Waals surface area contributed by atoms with Gasteiger partial charge >= 0.3 is 0 Å². The lowest BCUT2D eigenvalue weighted by Gasteiger charge is -2.25.